The molecule has 0 bridgehead atoms. The number of rotatable bonds is 5. The third kappa shape index (κ3) is 3.88. The van der Waals surface area contributed by atoms with Crippen LogP contribution < -0.4 is 4.74 Å². The van der Waals surface area contributed by atoms with E-state index in [1.807, 2.05) is 0 Å². The Hall–Kier alpha value is -1.05. The molecular weight excluding hydrogens is 341 g/mol. The Kier molecular flexibility index (Phi) is 5.06. The van der Waals surface area contributed by atoms with Crippen molar-refractivity contribution in [2.75, 3.05) is 26.2 Å². The minimum absolute atomic E-state index is 0.183. The SMILES string of the molecule is CC(=O)CN1CCc2nc(OC3CCN(C4CCC4)CC3F)sc2C1. The Morgan fingerprint density at radius 3 is 2.88 bits per heavy atom. The monoisotopic (exact) mass is 367 g/mol. The van der Waals surface area contributed by atoms with Crippen LogP contribution in [0.1, 0.15) is 43.2 Å². The molecule has 1 saturated heterocycles. The van der Waals surface area contributed by atoms with Gasteiger partial charge in [-0.1, -0.05) is 17.8 Å². The van der Waals surface area contributed by atoms with Gasteiger partial charge in [-0.15, -0.1) is 0 Å². The first-order chi connectivity index (χ1) is 12.1. The maximum absolute atomic E-state index is 14.6. The Labute approximate surface area is 152 Å². The number of hydrogen-bond acceptors (Lipinski definition) is 6. The van der Waals surface area contributed by atoms with Crippen LogP contribution in [0.3, 0.4) is 0 Å². The van der Waals surface area contributed by atoms with Crippen molar-refractivity contribution >= 4 is 17.1 Å². The molecule has 2 atom stereocenters. The summed E-state index contributed by atoms with van der Waals surface area (Å²) in [6.07, 6.45) is 3.97. The van der Waals surface area contributed by atoms with E-state index in [1.165, 1.54) is 30.6 Å². The number of thiazole rings is 1. The lowest BCUT2D eigenvalue weighted by Gasteiger charge is -2.42. The molecule has 3 aliphatic rings. The number of carbonyl (C=O) groups is 1. The second kappa shape index (κ2) is 7.29. The van der Waals surface area contributed by atoms with Crippen LogP contribution in [0, 0.1) is 0 Å². The lowest BCUT2D eigenvalue weighted by Crippen LogP contribution is -2.52. The normalized spacial score (nSPS) is 28.4. The van der Waals surface area contributed by atoms with Crippen LogP contribution in [0.5, 0.6) is 5.19 Å². The van der Waals surface area contributed by atoms with Gasteiger partial charge in [0.05, 0.1) is 12.2 Å². The summed E-state index contributed by atoms with van der Waals surface area (Å²) in [5.74, 6) is 0.183. The molecular formula is C18H26FN3O2S. The molecule has 2 aliphatic heterocycles. The quantitative estimate of drug-likeness (QED) is 0.800. The number of nitrogens with zero attached hydrogens (tertiary/aromatic N) is 3. The molecule has 4 rings (SSSR count). The molecule has 1 aromatic heterocycles. The van der Waals surface area contributed by atoms with Crippen LogP contribution >= 0.6 is 11.3 Å². The summed E-state index contributed by atoms with van der Waals surface area (Å²) in [5.41, 5.74) is 1.06. The van der Waals surface area contributed by atoms with Crippen LogP contribution in [0.15, 0.2) is 0 Å². The van der Waals surface area contributed by atoms with E-state index < -0.39 is 6.17 Å². The van der Waals surface area contributed by atoms with E-state index in [-0.39, 0.29) is 11.9 Å². The van der Waals surface area contributed by atoms with Gasteiger partial charge in [-0.05, 0) is 19.8 Å². The van der Waals surface area contributed by atoms with E-state index in [0.29, 0.717) is 24.3 Å². The van der Waals surface area contributed by atoms with Gasteiger partial charge in [0.25, 0.3) is 5.19 Å². The average molecular weight is 367 g/mol. The summed E-state index contributed by atoms with van der Waals surface area (Å²) in [4.78, 5) is 21.5. The molecule has 1 aliphatic carbocycles. The summed E-state index contributed by atoms with van der Waals surface area (Å²) < 4.78 is 20.5. The second-order valence-electron chi connectivity index (χ2n) is 7.55. The lowest BCUT2D eigenvalue weighted by molar-refractivity contribution is -0.118. The minimum Gasteiger partial charge on any atom is -0.464 e. The van der Waals surface area contributed by atoms with Gasteiger partial charge in [-0.2, -0.15) is 0 Å². The van der Waals surface area contributed by atoms with E-state index in [1.54, 1.807) is 6.92 Å². The highest BCUT2D eigenvalue weighted by Gasteiger charge is 2.36. The van der Waals surface area contributed by atoms with Gasteiger partial charge >= 0.3 is 0 Å². The molecule has 138 valence electrons. The first kappa shape index (κ1) is 17.4. The van der Waals surface area contributed by atoms with Crippen LogP contribution in [0.4, 0.5) is 4.39 Å². The summed E-state index contributed by atoms with van der Waals surface area (Å²) in [6, 6.07) is 0.596. The molecule has 5 nitrogen and oxygen atoms in total. The Balaban J connectivity index is 1.34. The molecule has 25 heavy (non-hydrogen) atoms. The van der Waals surface area contributed by atoms with E-state index in [2.05, 4.69) is 14.8 Å². The van der Waals surface area contributed by atoms with Gasteiger partial charge in [0, 0.05) is 49.9 Å². The van der Waals surface area contributed by atoms with Gasteiger partial charge < -0.3 is 4.74 Å². The van der Waals surface area contributed by atoms with Crippen molar-refractivity contribution in [1.82, 2.24) is 14.8 Å². The average Bonchev–Trinajstić information content (AvgIpc) is 2.89. The first-order valence-electron chi connectivity index (χ1n) is 9.33. The zero-order chi connectivity index (χ0) is 17.4. The van der Waals surface area contributed by atoms with Crippen molar-refractivity contribution in [1.29, 1.82) is 0 Å². The maximum atomic E-state index is 14.6. The predicted molar refractivity (Wildman–Crippen MR) is 94.9 cm³/mol. The first-order valence-corrected chi connectivity index (χ1v) is 10.2. The third-order valence-electron chi connectivity index (χ3n) is 5.59. The zero-order valence-corrected chi connectivity index (χ0v) is 15.6. The largest absolute Gasteiger partial charge is 0.464 e. The third-order valence-corrected chi connectivity index (χ3v) is 6.57. The smallest absolute Gasteiger partial charge is 0.274 e. The molecule has 0 amide bonds. The molecule has 3 heterocycles. The fourth-order valence-electron chi connectivity index (χ4n) is 3.98. The number of ketones is 1. The van der Waals surface area contributed by atoms with Gasteiger partial charge in [0.1, 0.15) is 18.1 Å². The van der Waals surface area contributed by atoms with E-state index in [4.69, 9.17) is 4.74 Å². The molecule has 0 N–H and O–H groups in total. The van der Waals surface area contributed by atoms with Gasteiger partial charge in [-0.3, -0.25) is 14.6 Å². The van der Waals surface area contributed by atoms with E-state index >= 15 is 0 Å². The summed E-state index contributed by atoms with van der Waals surface area (Å²) in [5, 5.41) is 0.597. The van der Waals surface area contributed by atoms with Crippen molar-refractivity contribution in [3.63, 3.8) is 0 Å². The molecule has 1 aromatic rings. The van der Waals surface area contributed by atoms with Gasteiger partial charge in [0.15, 0.2) is 0 Å². The number of ether oxygens (including phenoxy) is 1. The molecule has 0 aromatic carbocycles. The number of alkyl halides is 1. The van der Waals surface area contributed by atoms with Crippen molar-refractivity contribution in [2.24, 2.45) is 0 Å². The van der Waals surface area contributed by atoms with Crippen molar-refractivity contribution in [2.45, 2.75) is 63.9 Å². The number of piperidine rings is 1. The highest BCUT2D eigenvalue weighted by Crippen LogP contribution is 2.33. The van der Waals surface area contributed by atoms with Crippen molar-refractivity contribution in [3.05, 3.63) is 10.6 Å². The number of Topliss-reactive ketones (excluding diaryl/α,β-unsaturated/α-hetero) is 1. The van der Waals surface area contributed by atoms with Crippen LogP contribution in [0.2, 0.25) is 0 Å². The Morgan fingerprint density at radius 1 is 1.36 bits per heavy atom. The van der Waals surface area contributed by atoms with Crippen molar-refractivity contribution in [3.8, 4) is 5.19 Å². The highest BCUT2D eigenvalue weighted by molar-refractivity contribution is 7.13. The standard InChI is InChI=1S/C18H26FN3O2S/c1-12(23)9-21-7-5-15-17(11-21)25-18(20-15)24-16-6-8-22(10-14(16)19)13-3-2-4-13/h13-14,16H,2-11H2,1H3. The molecule has 0 radical (unpaired) electrons. The van der Waals surface area contributed by atoms with Gasteiger partial charge in [-0.25, -0.2) is 9.37 Å². The van der Waals surface area contributed by atoms with Gasteiger partial charge in [0.2, 0.25) is 0 Å². The number of aromatic nitrogens is 1. The molecule has 0 spiro atoms. The second-order valence-corrected chi connectivity index (χ2v) is 8.60. The number of halogens is 1. The molecule has 1 saturated carbocycles. The fraction of sp³-hybridized carbons (Fsp3) is 0.778. The predicted octanol–water partition coefficient (Wildman–Crippen LogP) is 2.43. The van der Waals surface area contributed by atoms with Crippen LogP contribution in [-0.4, -0.2) is 65.1 Å². The molecule has 2 fully saturated rings. The lowest BCUT2D eigenvalue weighted by atomic mass is 9.89. The Bertz CT molecular complexity index is 634. The zero-order valence-electron chi connectivity index (χ0n) is 14.7. The number of likely N-dealkylation sites (tertiary alicyclic amines) is 1. The topological polar surface area (TPSA) is 45.7 Å². The van der Waals surface area contributed by atoms with E-state index in [0.717, 1.165) is 43.0 Å². The van der Waals surface area contributed by atoms with E-state index in [9.17, 15) is 9.18 Å². The number of carbonyl (C=O) groups excluding carboxylic acids is 1. The van der Waals surface area contributed by atoms with Crippen molar-refractivity contribution < 1.29 is 13.9 Å². The summed E-state index contributed by atoms with van der Waals surface area (Å²) in [7, 11) is 0. The highest BCUT2D eigenvalue weighted by atomic mass is 32.1. The number of fused-ring (bicyclic) bond motifs is 1. The fourth-order valence-corrected chi connectivity index (χ4v) is 5.03. The molecule has 7 heteroatoms. The minimum atomic E-state index is -0.940. The van der Waals surface area contributed by atoms with Crippen LogP contribution in [-0.2, 0) is 17.8 Å². The summed E-state index contributed by atoms with van der Waals surface area (Å²) >= 11 is 1.52. The summed E-state index contributed by atoms with van der Waals surface area (Å²) in [6.45, 7) is 5.12. The number of hydrogen-bond donors (Lipinski definition) is 0. The Morgan fingerprint density at radius 2 is 2.20 bits per heavy atom. The maximum Gasteiger partial charge on any atom is 0.274 e. The molecule has 2 unspecified atom stereocenters. The van der Waals surface area contributed by atoms with Crippen LogP contribution in [0.25, 0.3) is 0 Å².